The van der Waals surface area contributed by atoms with E-state index in [0.717, 1.165) is 11.1 Å². The van der Waals surface area contributed by atoms with Gasteiger partial charge in [-0.3, -0.25) is 4.79 Å². The van der Waals surface area contributed by atoms with Crippen LogP contribution in [0, 0.1) is 0 Å². The molecule has 0 saturated heterocycles. The minimum atomic E-state index is -0.302. The maximum Gasteiger partial charge on any atom is 0.217 e. The van der Waals surface area contributed by atoms with Crippen LogP contribution in [0.2, 0.25) is 0 Å². The summed E-state index contributed by atoms with van der Waals surface area (Å²) in [6.07, 6.45) is 2.30. The van der Waals surface area contributed by atoms with E-state index < -0.39 is 0 Å². The summed E-state index contributed by atoms with van der Waals surface area (Å²) in [4.78, 5) is 16.0. The zero-order valence-electron chi connectivity index (χ0n) is 15.0. The number of carbonyl (C=O) groups excluding carboxylic acids is 1. The summed E-state index contributed by atoms with van der Waals surface area (Å²) >= 11 is 0. The first-order valence-electron chi connectivity index (χ1n) is 8.14. The number of hydrogen-bond donors (Lipinski definition) is 1. The second kappa shape index (κ2) is 8.92. The number of amides is 1. The Kier molecular flexibility index (Phi) is 6.62. The Hall–Kier alpha value is -2.76. The van der Waals surface area contributed by atoms with Gasteiger partial charge in [0.1, 0.15) is 11.5 Å². The fourth-order valence-electron chi connectivity index (χ4n) is 2.69. The summed E-state index contributed by atoms with van der Waals surface area (Å²) in [7, 11) is 3.20. The molecular formula is C19H24N2O4. The Morgan fingerprint density at radius 2 is 1.84 bits per heavy atom. The number of ether oxygens (including phenoxy) is 3. The monoisotopic (exact) mass is 344 g/mol. The van der Waals surface area contributed by atoms with Gasteiger partial charge in [0, 0.05) is 19.2 Å². The molecule has 1 N–H and O–H groups in total. The van der Waals surface area contributed by atoms with E-state index in [2.05, 4.69) is 10.3 Å². The molecule has 1 atom stereocenters. The van der Waals surface area contributed by atoms with E-state index in [0.29, 0.717) is 30.4 Å². The van der Waals surface area contributed by atoms with Crippen molar-refractivity contribution in [3.63, 3.8) is 0 Å². The van der Waals surface area contributed by atoms with Crippen LogP contribution in [0.1, 0.15) is 31.0 Å². The molecule has 6 heteroatoms. The Morgan fingerprint density at radius 1 is 1.16 bits per heavy atom. The van der Waals surface area contributed by atoms with Gasteiger partial charge < -0.3 is 19.5 Å². The summed E-state index contributed by atoms with van der Waals surface area (Å²) in [6, 6.07) is 9.01. The number of hydrogen-bond acceptors (Lipinski definition) is 5. The van der Waals surface area contributed by atoms with Crippen LogP contribution in [0.5, 0.6) is 17.4 Å². The number of benzene rings is 1. The number of methoxy groups -OCH3 is 2. The van der Waals surface area contributed by atoms with Gasteiger partial charge >= 0.3 is 0 Å². The molecule has 0 radical (unpaired) electrons. The fourth-order valence-corrected chi connectivity index (χ4v) is 2.69. The predicted octanol–water partition coefficient (Wildman–Crippen LogP) is 2.92. The van der Waals surface area contributed by atoms with Crippen molar-refractivity contribution in [1.82, 2.24) is 10.3 Å². The molecule has 0 aliphatic carbocycles. The van der Waals surface area contributed by atoms with Crippen LogP contribution in [0.4, 0.5) is 0 Å². The van der Waals surface area contributed by atoms with Gasteiger partial charge in [-0.15, -0.1) is 0 Å². The molecule has 0 bridgehead atoms. The van der Waals surface area contributed by atoms with Crippen molar-refractivity contribution in [2.45, 2.75) is 26.3 Å². The zero-order valence-corrected chi connectivity index (χ0v) is 15.0. The largest absolute Gasteiger partial charge is 0.496 e. The highest BCUT2D eigenvalue weighted by atomic mass is 16.5. The third-order valence-electron chi connectivity index (χ3n) is 3.72. The Labute approximate surface area is 148 Å². The first-order chi connectivity index (χ1) is 12.1. The fraction of sp³-hybridized carbons (Fsp3) is 0.368. The van der Waals surface area contributed by atoms with Crippen LogP contribution in [0.25, 0.3) is 0 Å². The zero-order chi connectivity index (χ0) is 18.2. The highest BCUT2D eigenvalue weighted by molar-refractivity contribution is 5.74. The van der Waals surface area contributed by atoms with E-state index in [4.69, 9.17) is 14.2 Å². The minimum Gasteiger partial charge on any atom is -0.496 e. The van der Waals surface area contributed by atoms with Gasteiger partial charge in [0.2, 0.25) is 11.8 Å². The summed E-state index contributed by atoms with van der Waals surface area (Å²) in [5.41, 5.74) is 1.77. The molecule has 6 nitrogen and oxygen atoms in total. The topological polar surface area (TPSA) is 69.7 Å². The molecule has 0 fully saturated rings. The standard InChI is InChI=1S/C19H24N2O4/c1-5-25-18-10-9-14(12-20-18)11-15(21-13(2)22)19-16(23-3)7-6-8-17(19)24-4/h6-10,12,15H,5,11H2,1-4H3,(H,21,22). The van der Waals surface area contributed by atoms with Crippen LogP contribution >= 0.6 is 0 Å². The molecule has 1 aromatic carbocycles. The van der Waals surface area contributed by atoms with E-state index in [9.17, 15) is 4.79 Å². The molecular weight excluding hydrogens is 320 g/mol. The molecule has 1 unspecified atom stereocenters. The molecule has 0 spiro atoms. The first kappa shape index (κ1) is 18.6. The molecule has 1 aromatic heterocycles. The van der Waals surface area contributed by atoms with Crippen LogP contribution in [-0.4, -0.2) is 31.7 Å². The second-order valence-electron chi connectivity index (χ2n) is 5.47. The lowest BCUT2D eigenvalue weighted by molar-refractivity contribution is -0.119. The van der Waals surface area contributed by atoms with Crippen molar-refractivity contribution >= 4 is 5.91 Å². The average Bonchev–Trinajstić information content (AvgIpc) is 2.61. The molecule has 134 valence electrons. The van der Waals surface area contributed by atoms with Gasteiger partial charge in [0.25, 0.3) is 0 Å². The third kappa shape index (κ3) is 4.86. The lowest BCUT2D eigenvalue weighted by atomic mass is 9.97. The van der Waals surface area contributed by atoms with Crippen LogP contribution in [0.3, 0.4) is 0 Å². The predicted molar refractivity (Wildman–Crippen MR) is 95.2 cm³/mol. The van der Waals surface area contributed by atoms with Crippen LogP contribution in [-0.2, 0) is 11.2 Å². The Balaban J connectivity index is 2.35. The average molecular weight is 344 g/mol. The number of carbonyl (C=O) groups is 1. The van der Waals surface area contributed by atoms with E-state index in [-0.39, 0.29) is 11.9 Å². The summed E-state index contributed by atoms with van der Waals surface area (Å²) in [5.74, 6) is 1.78. The highest BCUT2D eigenvalue weighted by Crippen LogP contribution is 2.35. The van der Waals surface area contributed by atoms with E-state index in [1.807, 2.05) is 37.3 Å². The summed E-state index contributed by atoms with van der Waals surface area (Å²) < 4.78 is 16.3. The Bertz CT molecular complexity index is 679. The number of pyridine rings is 1. The van der Waals surface area contributed by atoms with E-state index in [1.165, 1.54) is 6.92 Å². The quantitative estimate of drug-likeness (QED) is 0.797. The molecule has 2 aromatic rings. The number of nitrogens with one attached hydrogen (secondary N) is 1. The first-order valence-corrected chi connectivity index (χ1v) is 8.14. The van der Waals surface area contributed by atoms with Crippen molar-refractivity contribution in [3.05, 3.63) is 47.7 Å². The second-order valence-corrected chi connectivity index (χ2v) is 5.47. The maximum absolute atomic E-state index is 11.7. The lowest BCUT2D eigenvalue weighted by Crippen LogP contribution is -2.28. The van der Waals surface area contributed by atoms with Gasteiger partial charge in [-0.25, -0.2) is 4.98 Å². The minimum absolute atomic E-state index is 0.128. The van der Waals surface area contributed by atoms with Crippen molar-refractivity contribution in [2.24, 2.45) is 0 Å². The van der Waals surface area contributed by atoms with E-state index in [1.54, 1.807) is 20.4 Å². The van der Waals surface area contributed by atoms with Gasteiger partial charge in [0.05, 0.1) is 32.4 Å². The summed E-state index contributed by atoms with van der Waals surface area (Å²) in [6.45, 7) is 3.97. The highest BCUT2D eigenvalue weighted by Gasteiger charge is 2.22. The molecule has 2 rings (SSSR count). The molecule has 1 amide bonds. The SMILES string of the molecule is CCOc1ccc(CC(NC(C)=O)c2c(OC)cccc2OC)cn1. The van der Waals surface area contributed by atoms with Gasteiger partial charge in [-0.05, 0) is 31.0 Å². The van der Waals surface area contributed by atoms with Gasteiger partial charge in [0.15, 0.2) is 0 Å². The Morgan fingerprint density at radius 3 is 2.32 bits per heavy atom. The molecule has 1 heterocycles. The maximum atomic E-state index is 11.7. The van der Waals surface area contributed by atoms with Crippen LogP contribution < -0.4 is 19.5 Å². The number of rotatable bonds is 8. The molecule has 0 aliphatic rings. The van der Waals surface area contributed by atoms with Gasteiger partial charge in [-0.1, -0.05) is 12.1 Å². The molecule has 0 aliphatic heterocycles. The van der Waals surface area contributed by atoms with Crippen molar-refractivity contribution < 1.29 is 19.0 Å². The number of nitrogens with zero attached hydrogens (tertiary/aromatic N) is 1. The van der Waals surface area contributed by atoms with Crippen molar-refractivity contribution in [3.8, 4) is 17.4 Å². The van der Waals surface area contributed by atoms with E-state index >= 15 is 0 Å². The smallest absolute Gasteiger partial charge is 0.217 e. The normalized spacial score (nSPS) is 11.5. The number of aromatic nitrogens is 1. The van der Waals surface area contributed by atoms with Crippen molar-refractivity contribution in [1.29, 1.82) is 0 Å². The van der Waals surface area contributed by atoms with Gasteiger partial charge in [-0.2, -0.15) is 0 Å². The van der Waals surface area contributed by atoms with Crippen molar-refractivity contribution in [2.75, 3.05) is 20.8 Å². The molecule has 0 saturated carbocycles. The lowest BCUT2D eigenvalue weighted by Gasteiger charge is -2.23. The third-order valence-corrected chi connectivity index (χ3v) is 3.72. The van der Waals surface area contributed by atoms with Crippen LogP contribution in [0.15, 0.2) is 36.5 Å². The summed E-state index contributed by atoms with van der Waals surface area (Å²) in [5, 5.41) is 2.98. The molecule has 25 heavy (non-hydrogen) atoms.